The predicted octanol–water partition coefficient (Wildman–Crippen LogP) is 4.65. The lowest BCUT2D eigenvalue weighted by atomic mass is 9.97. The van der Waals surface area contributed by atoms with Crippen molar-refractivity contribution in [3.05, 3.63) is 65.9 Å². The summed E-state index contributed by atoms with van der Waals surface area (Å²) in [5, 5.41) is 10.8. The Kier molecular flexibility index (Phi) is 6.49. The highest BCUT2D eigenvalue weighted by Gasteiger charge is 2.10. The van der Waals surface area contributed by atoms with E-state index in [0.717, 1.165) is 41.1 Å². The molecule has 0 radical (unpaired) electrons. The van der Waals surface area contributed by atoms with Gasteiger partial charge in [0, 0.05) is 47.7 Å². The molecule has 29 heavy (non-hydrogen) atoms. The average molecular weight is 391 g/mol. The number of rotatable bonds is 7. The van der Waals surface area contributed by atoms with Crippen molar-refractivity contribution in [2.24, 2.45) is 5.41 Å². The van der Waals surface area contributed by atoms with Crippen molar-refractivity contribution in [1.82, 2.24) is 15.6 Å². The number of aromatic nitrogens is 1. The number of aryl methyl sites for hydroxylation is 1. The molecule has 0 bridgehead atoms. The first-order valence-electron chi connectivity index (χ1n) is 10.0. The Labute approximate surface area is 172 Å². The van der Waals surface area contributed by atoms with Gasteiger partial charge in [0.1, 0.15) is 0 Å². The van der Waals surface area contributed by atoms with E-state index >= 15 is 0 Å². The molecule has 5 heteroatoms. The summed E-state index contributed by atoms with van der Waals surface area (Å²) in [5.74, 6) is -0.0676. The maximum atomic E-state index is 12.5. The van der Waals surface area contributed by atoms with Gasteiger partial charge in [0.05, 0.1) is 5.52 Å². The fraction of sp³-hybridized carbons (Fsp3) is 0.333. The molecule has 0 fully saturated rings. The highest BCUT2D eigenvalue weighted by Crippen LogP contribution is 2.26. The van der Waals surface area contributed by atoms with E-state index in [4.69, 9.17) is 0 Å². The molecule has 3 rings (SSSR count). The molecule has 0 saturated heterocycles. The number of hydrogen-bond acceptors (Lipinski definition) is 4. The van der Waals surface area contributed by atoms with Crippen LogP contribution in [0, 0.1) is 12.3 Å². The lowest BCUT2D eigenvalue weighted by molar-refractivity contribution is 0.0954. The number of nitrogens with one attached hydrogen (secondary N) is 3. The standard InChI is InChI=1S/C24H30N4O/c1-17-14-22(20-10-5-6-11-21(20)27-17)28-19-9-7-8-18(15-19)23(29)26-13-12-25-16-24(2,3)4/h5-11,14-15,25H,12-13,16H2,1-4H3,(H,26,29)(H,27,28). The number of para-hydroxylation sites is 1. The van der Waals surface area contributed by atoms with Crippen LogP contribution in [0.2, 0.25) is 0 Å². The second-order valence-electron chi connectivity index (χ2n) is 8.53. The largest absolute Gasteiger partial charge is 0.355 e. The van der Waals surface area contributed by atoms with Crippen molar-refractivity contribution in [3.8, 4) is 0 Å². The smallest absolute Gasteiger partial charge is 0.251 e. The number of amides is 1. The van der Waals surface area contributed by atoms with E-state index in [-0.39, 0.29) is 11.3 Å². The second-order valence-corrected chi connectivity index (χ2v) is 8.53. The number of nitrogens with zero attached hydrogens (tertiary/aromatic N) is 1. The van der Waals surface area contributed by atoms with Crippen LogP contribution in [0.15, 0.2) is 54.6 Å². The van der Waals surface area contributed by atoms with Crippen LogP contribution in [0.25, 0.3) is 10.9 Å². The summed E-state index contributed by atoms with van der Waals surface area (Å²) in [5.41, 5.74) is 4.63. The Bertz CT molecular complexity index is 992. The van der Waals surface area contributed by atoms with Crippen LogP contribution < -0.4 is 16.0 Å². The van der Waals surface area contributed by atoms with Crippen LogP contribution >= 0.6 is 0 Å². The molecule has 0 aliphatic carbocycles. The number of anilines is 2. The normalized spacial score (nSPS) is 11.4. The zero-order valence-electron chi connectivity index (χ0n) is 17.7. The topological polar surface area (TPSA) is 66.1 Å². The van der Waals surface area contributed by atoms with Gasteiger partial charge in [0.25, 0.3) is 5.91 Å². The monoisotopic (exact) mass is 390 g/mol. The van der Waals surface area contributed by atoms with Crippen LogP contribution in [0.1, 0.15) is 36.8 Å². The third-order valence-corrected chi connectivity index (χ3v) is 4.49. The Balaban J connectivity index is 1.65. The molecule has 0 aliphatic heterocycles. The highest BCUT2D eigenvalue weighted by molar-refractivity contribution is 5.96. The average Bonchev–Trinajstić information content (AvgIpc) is 2.67. The minimum atomic E-state index is -0.0676. The summed E-state index contributed by atoms with van der Waals surface area (Å²) in [6.07, 6.45) is 0. The minimum absolute atomic E-state index is 0.0676. The number of carbonyl (C=O) groups is 1. The summed E-state index contributed by atoms with van der Waals surface area (Å²) < 4.78 is 0. The Morgan fingerprint density at radius 2 is 1.79 bits per heavy atom. The van der Waals surface area contributed by atoms with Gasteiger partial charge in [-0.1, -0.05) is 45.0 Å². The van der Waals surface area contributed by atoms with Crippen LogP contribution in [0.4, 0.5) is 11.4 Å². The molecule has 0 atom stereocenters. The van der Waals surface area contributed by atoms with Crippen LogP contribution in [-0.4, -0.2) is 30.5 Å². The Hall–Kier alpha value is -2.92. The zero-order valence-corrected chi connectivity index (χ0v) is 17.7. The maximum Gasteiger partial charge on any atom is 0.251 e. The third-order valence-electron chi connectivity index (χ3n) is 4.49. The van der Waals surface area contributed by atoms with Gasteiger partial charge >= 0.3 is 0 Å². The summed E-state index contributed by atoms with van der Waals surface area (Å²) in [6.45, 7) is 10.8. The molecule has 1 amide bonds. The molecule has 0 spiro atoms. The molecule has 1 aromatic heterocycles. The maximum absolute atomic E-state index is 12.5. The van der Waals surface area contributed by atoms with Gasteiger partial charge in [-0.2, -0.15) is 0 Å². The van der Waals surface area contributed by atoms with Gasteiger partial charge in [0.15, 0.2) is 0 Å². The first kappa shape index (κ1) is 20.8. The molecule has 2 aromatic carbocycles. The molecular weight excluding hydrogens is 360 g/mol. The number of pyridine rings is 1. The van der Waals surface area contributed by atoms with E-state index in [1.165, 1.54) is 0 Å². The van der Waals surface area contributed by atoms with E-state index in [9.17, 15) is 4.79 Å². The predicted molar refractivity (Wildman–Crippen MR) is 121 cm³/mol. The van der Waals surface area contributed by atoms with Crippen molar-refractivity contribution >= 4 is 28.2 Å². The molecule has 152 valence electrons. The van der Waals surface area contributed by atoms with Crippen LogP contribution in [-0.2, 0) is 0 Å². The first-order chi connectivity index (χ1) is 13.8. The third kappa shape index (κ3) is 6.03. The van der Waals surface area contributed by atoms with Crippen LogP contribution in [0.5, 0.6) is 0 Å². The van der Waals surface area contributed by atoms with Gasteiger partial charge < -0.3 is 16.0 Å². The van der Waals surface area contributed by atoms with Crippen molar-refractivity contribution < 1.29 is 4.79 Å². The number of hydrogen-bond donors (Lipinski definition) is 3. The molecule has 5 nitrogen and oxygen atoms in total. The van der Waals surface area contributed by atoms with Gasteiger partial charge in [-0.25, -0.2) is 0 Å². The van der Waals surface area contributed by atoms with Crippen molar-refractivity contribution in [1.29, 1.82) is 0 Å². The molecule has 3 N–H and O–H groups in total. The summed E-state index contributed by atoms with van der Waals surface area (Å²) in [6, 6.07) is 17.6. The fourth-order valence-electron chi connectivity index (χ4n) is 3.13. The molecule has 0 aliphatic rings. The molecule has 0 unspecified atom stereocenters. The Morgan fingerprint density at radius 1 is 1.00 bits per heavy atom. The van der Waals surface area contributed by atoms with E-state index in [1.54, 1.807) is 0 Å². The van der Waals surface area contributed by atoms with Gasteiger partial charge in [-0.15, -0.1) is 0 Å². The number of benzene rings is 2. The van der Waals surface area contributed by atoms with Gasteiger partial charge in [-0.3, -0.25) is 9.78 Å². The molecular formula is C24H30N4O. The summed E-state index contributed by atoms with van der Waals surface area (Å²) >= 11 is 0. The second kappa shape index (κ2) is 9.05. The minimum Gasteiger partial charge on any atom is -0.355 e. The summed E-state index contributed by atoms with van der Waals surface area (Å²) in [7, 11) is 0. The molecule has 3 aromatic rings. The number of fused-ring (bicyclic) bond motifs is 1. The first-order valence-corrected chi connectivity index (χ1v) is 10.0. The zero-order chi connectivity index (χ0) is 20.9. The number of carbonyl (C=O) groups excluding carboxylic acids is 1. The van der Waals surface area contributed by atoms with Gasteiger partial charge in [0.2, 0.25) is 0 Å². The van der Waals surface area contributed by atoms with Crippen LogP contribution in [0.3, 0.4) is 0 Å². The lowest BCUT2D eigenvalue weighted by Crippen LogP contribution is -2.35. The highest BCUT2D eigenvalue weighted by atomic mass is 16.1. The lowest BCUT2D eigenvalue weighted by Gasteiger charge is -2.18. The Morgan fingerprint density at radius 3 is 2.59 bits per heavy atom. The SMILES string of the molecule is Cc1cc(Nc2cccc(C(=O)NCCNCC(C)(C)C)c2)c2ccccc2n1. The quantitative estimate of drug-likeness (QED) is 0.514. The molecule has 0 saturated carbocycles. The van der Waals surface area contributed by atoms with Gasteiger partial charge in [-0.05, 0) is 42.7 Å². The van der Waals surface area contributed by atoms with E-state index in [2.05, 4.69) is 41.7 Å². The summed E-state index contributed by atoms with van der Waals surface area (Å²) in [4.78, 5) is 17.1. The van der Waals surface area contributed by atoms with Crippen molar-refractivity contribution in [3.63, 3.8) is 0 Å². The van der Waals surface area contributed by atoms with E-state index < -0.39 is 0 Å². The van der Waals surface area contributed by atoms with Crippen molar-refractivity contribution in [2.45, 2.75) is 27.7 Å². The van der Waals surface area contributed by atoms with E-state index in [0.29, 0.717) is 12.1 Å². The van der Waals surface area contributed by atoms with E-state index in [1.807, 2.05) is 61.5 Å². The van der Waals surface area contributed by atoms with Crippen molar-refractivity contribution in [2.75, 3.05) is 25.0 Å². The fourth-order valence-corrected chi connectivity index (χ4v) is 3.13. The molecule has 1 heterocycles.